The highest BCUT2D eigenvalue weighted by atomic mass is 32.1. The molecule has 0 aromatic carbocycles. The summed E-state index contributed by atoms with van der Waals surface area (Å²) in [6.07, 6.45) is 2.05. The van der Waals surface area contributed by atoms with Crippen molar-refractivity contribution in [1.82, 2.24) is 4.98 Å². The van der Waals surface area contributed by atoms with Gasteiger partial charge in [0.1, 0.15) is 4.99 Å². The van der Waals surface area contributed by atoms with Crippen molar-refractivity contribution in [1.29, 1.82) is 0 Å². The van der Waals surface area contributed by atoms with E-state index in [-0.39, 0.29) is 0 Å². The molecule has 14 heavy (non-hydrogen) atoms. The molecule has 0 fully saturated rings. The highest BCUT2D eigenvalue weighted by Crippen LogP contribution is 2.25. The van der Waals surface area contributed by atoms with Gasteiger partial charge in [-0.1, -0.05) is 39.4 Å². The predicted molar refractivity (Wildman–Crippen MR) is 66.1 cm³/mol. The van der Waals surface area contributed by atoms with Crippen molar-refractivity contribution >= 4 is 28.5 Å². The maximum absolute atomic E-state index is 5.66. The lowest BCUT2D eigenvalue weighted by Crippen LogP contribution is -2.09. The fourth-order valence-electron chi connectivity index (χ4n) is 1.22. The van der Waals surface area contributed by atoms with E-state index in [4.69, 9.17) is 18.0 Å². The van der Waals surface area contributed by atoms with Gasteiger partial charge in [0, 0.05) is 5.92 Å². The molecule has 78 valence electrons. The zero-order valence-corrected chi connectivity index (χ0v) is 10.5. The predicted octanol–water partition coefficient (Wildman–Crippen LogP) is 2.85. The van der Waals surface area contributed by atoms with Gasteiger partial charge in [0.25, 0.3) is 0 Å². The second-order valence-corrected chi connectivity index (χ2v) is 5.07. The molecular formula is C10H16N2S2. The summed E-state index contributed by atoms with van der Waals surface area (Å²) in [4.78, 5) is 6.06. The Labute approximate surface area is 94.5 Å². The minimum atomic E-state index is 0.457. The molecule has 0 aliphatic rings. The lowest BCUT2D eigenvalue weighted by atomic mass is 10.2. The molecule has 2 N–H and O–H groups in total. The number of thiocarbonyl (C=S) groups is 1. The number of thiazole rings is 1. The van der Waals surface area contributed by atoms with E-state index < -0.39 is 0 Å². The molecule has 0 saturated heterocycles. The number of hydrogen-bond acceptors (Lipinski definition) is 3. The van der Waals surface area contributed by atoms with Crippen LogP contribution in [0.4, 0.5) is 0 Å². The van der Waals surface area contributed by atoms with Gasteiger partial charge < -0.3 is 5.73 Å². The van der Waals surface area contributed by atoms with Crippen molar-refractivity contribution in [2.75, 3.05) is 0 Å². The van der Waals surface area contributed by atoms with Crippen molar-refractivity contribution in [2.45, 2.75) is 39.5 Å². The molecular weight excluding hydrogens is 212 g/mol. The van der Waals surface area contributed by atoms with Crippen LogP contribution in [0.2, 0.25) is 0 Å². The van der Waals surface area contributed by atoms with E-state index in [0.29, 0.717) is 10.9 Å². The summed E-state index contributed by atoms with van der Waals surface area (Å²) in [6, 6.07) is 0. The third-order valence-electron chi connectivity index (χ3n) is 1.92. The largest absolute Gasteiger partial charge is 0.389 e. The number of rotatable bonds is 4. The van der Waals surface area contributed by atoms with Crippen LogP contribution in [0.5, 0.6) is 0 Å². The molecule has 1 heterocycles. The second kappa shape index (κ2) is 4.84. The minimum absolute atomic E-state index is 0.457. The number of hydrogen-bond donors (Lipinski definition) is 1. The Hall–Kier alpha value is -0.480. The third-order valence-corrected chi connectivity index (χ3v) is 3.68. The van der Waals surface area contributed by atoms with E-state index in [2.05, 4.69) is 25.8 Å². The Morgan fingerprint density at radius 2 is 2.21 bits per heavy atom. The van der Waals surface area contributed by atoms with Gasteiger partial charge in [0.15, 0.2) is 0 Å². The molecule has 0 unspecified atom stereocenters. The standard InChI is InChI=1S/C10H16N2S2/c1-4-5-7-8(9(11)13)14-10(12-7)6(2)3/h6H,4-5H2,1-3H3,(H2,11,13). The van der Waals surface area contributed by atoms with E-state index in [1.807, 2.05) is 0 Å². The summed E-state index contributed by atoms with van der Waals surface area (Å²) in [5.74, 6) is 0.457. The van der Waals surface area contributed by atoms with Crippen molar-refractivity contribution in [3.8, 4) is 0 Å². The van der Waals surface area contributed by atoms with E-state index in [1.165, 1.54) is 0 Å². The Balaban J connectivity index is 3.05. The molecule has 0 saturated carbocycles. The minimum Gasteiger partial charge on any atom is -0.389 e. The molecule has 0 aliphatic heterocycles. The van der Waals surface area contributed by atoms with E-state index in [0.717, 1.165) is 28.4 Å². The molecule has 0 spiro atoms. The number of nitrogens with zero attached hydrogens (tertiary/aromatic N) is 1. The SMILES string of the molecule is CCCc1nc(C(C)C)sc1C(N)=S. The molecule has 4 heteroatoms. The van der Waals surface area contributed by atoms with Gasteiger partial charge in [-0.05, 0) is 6.42 Å². The van der Waals surface area contributed by atoms with Crippen LogP contribution < -0.4 is 5.73 Å². The Bertz CT molecular complexity index is 329. The molecule has 0 amide bonds. The zero-order valence-electron chi connectivity index (χ0n) is 8.83. The van der Waals surface area contributed by atoms with Crippen molar-refractivity contribution < 1.29 is 0 Å². The molecule has 2 nitrogen and oxygen atoms in total. The normalized spacial score (nSPS) is 10.9. The molecule has 0 atom stereocenters. The maximum atomic E-state index is 5.66. The summed E-state index contributed by atoms with van der Waals surface area (Å²) in [6.45, 7) is 6.41. The quantitative estimate of drug-likeness (QED) is 0.805. The van der Waals surface area contributed by atoms with E-state index >= 15 is 0 Å². The smallest absolute Gasteiger partial charge is 0.116 e. The summed E-state index contributed by atoms with van der Waals surface area (Å²) >= 11 is 6.65. The van der Waals surface area contributed by atoms with Crippen LogP contribution >= 0.6 is 23.6 Å². The summed E-state index contributed by atoms with van der Waals surface area (Å²) < 4.78 is 0. The fraction of sp³-hybridized carbons (Fsp3) is 0.600. The van der Waals surface area contributed by atoms with Crippen LogP contribution in [0.25, 0.3) is 0 Å². The molecule has 1 aromatic heterocycles. The van der Waals surface area contributed by atoms with Gasteiger partial charge in [-0.3, -0.25) is 0 Å². The lowest BCUT2D eigenvalue weighted by Gasteiger charge is -1.96. The van der Waals surface area contributed by atoms with Gasteiger partial charge in [-0.15, -0.1) is 11.3 Å². The second-order valence-electron chi connectivity index (χ2n) is 3.60. The first-order valence-corrected chi connectivity index (χ1v) is 6.08. The number of aryl methyl sites for hydroxylation is 1. The van der Waals surface area contributed by atoms with Crippen LogP contribution in [0, 0.1) is 0 Å². The first-order valence-electron chi connectivity index (χ1n) is 4.85. The molecule has 1 aromatic rings. The maximum Gasteiger partial charge on any atom is 0.116 e. The Morgan fingerprint density at radius 1 is 1.57 bits per heavy atom. The van der Waals surface area contributed by atoms with E-state index in [1.54, 1.807) is 11.3 Å². The number of nitrogens with two attached hydrogens (primary N) is 1. The molecule has 1 rings (SSSR count). The molecule has 0 aliphatic carbocycles. The monoisotopic (exact) mass is 228 g/mol. The van der Waals surface area contributed by atoms with Gasteiger partial charge in [0.05, 0.1) is 15.6 Å². The van der Waals surface area contributed by atoms with Gasteiger partial charge in [-0.25, -0.2) is 4.98 Å². The summed E-state index contributed by atoms with van der Waals surface area (Å²) in [5.41, 5.74) is 6.74. The van der Waals surface area contributed by atoms with Crippen LogP contribution in [0.1, 0.15) is 48.7 Å². The zero-order chi connectivity index (χ0) is 10.7. The average molecular weight is 228 g/mol. The topological polar surface area (TPSA) is 38.9 Å². The number of aromatic nitrogens is 1. The van der Waals surface area contributed by atoms with Crippen molar-refractivity contribution in [3.05, 3.63) is 15.6 Å². The first kappa shape index (κ1) is 11.6. The van der Waals surface area contributed by atoms with Gasteiger partial charge >= 0.3 is 0 Å². The lowest BCUT2D eigenvalue weighted by molar-refractivity contribution is 0.822. The first-order chi connectivity index (χ1) is 6.56. The van der Waals surface area contributed by atoms with Crippen LogP contribution in [0.15, 0.2) is 0 Å². The van der Waals surface area contributed by atoms with E-state index in [9.17, 15) is 0 Å². The van der Waals surface area contributed by atoms with Crippen LogP contribution in [-0.4, -0.2) is 9.97 Å². The third kappa shape index (κ3) is 2.51. The Kier molecular flexibility index (Phi) is 4.01. The van der Waals surface area contributed by atoms with Crippen molar-refractivity contribution in [2.24, 2.45) is 5.73 Å². The highest BCUT2D eigenvalue weighted by Gasteiger charge is 2.14. The summed E-state index contributed by atoms with van der Waals surface area (Å²) in [5, 5.41) is 1.14. The Morgan fingerprint density at radius 3 is 2.64 bits per heavy atom. The van der Waals surface area contributed by atoms with Crippen LogP contribution in [-0.2, 0) is 6.42 Å². The highest BCUT2D eigenvalue weighted by molar-refractivity contribution is 7.81. The van der Waals surface area contributed by atoms with Gasteiger partial charge in [0.2, 0.25) is 0 Å². The fourth-order valence-corrected chi connectivity index (χ4v) is 2.43. The van der Waals surface area contributed by atoms with Gasteiger partial charge in [-0.2, -0.15) is 0 Å². The van der Waals surface area contributed by atoms with Crippen LogP contribution in [0.3, 0.4) is 0 Å². The molecule has 0 bridgehead atoms. The van der Waals surface area contributed by atoms with Crippen molar-refractivity contribution in [3.63, 3.8) is 0 Å². The summed E-state index contributed by atoms with van der Waals surface area (Å²) in [7, 11) is 0. The molecule has 0 radical (unpaired) electrons. The average Bonchev–Trinajstić information content (AvgIpc) is 2.49.